The lowest BCUT2D eigenvalue weighted by molar-refractivity contribution is 0.327. The van der Waals surface area contributed by atoms with Gasteiger partial charge in [-0.25, -0.2) is 17.7 Å². The topological polar surface area (TPSA) is 77.3 Å². The van der Waals surface area contributed by atoms with Crippen molar-refractivity contribution < 1.29 is 8.42 Å². The van der Waals surface area contributed by atoms with E-state index in [2.05, 4.69) is 16.0 Å². The van der Waals surface area contributed by atoms with Gasteiger partial charge < -0.3 is 4.90 Å². The minimum absolute atomic E-state index is 0.157. The minimum atomic E-state index is -3.11. The molecular weight excluding hydrogens is 372 g/mol. The smallest absolute Gasteiger partial charge is 0.216 e. The Morgan fingerprint density at radius 3 is 2.42 bits per heavy atom. The van der Waals surface area contributed by atoms with Crippen LogP contribution in [0.25, 0.3) is 0 Å². The second-order valence-corrected chi connectivity index (χ2v) is 10.1. The fraction of sp³-hybridized carbons (Fsp3) is 0.667. The number of sulfonamides is 1. The molecule has 1 aliphatic heterocycles. The number of nitriles is 1. The first-order valence-electron chi connectivity index (χ1n) is 9.02. The van der Waals surface area contributed by atoms with Gasteiger partial charge in [0.2, 0.25) is 10.0 Å². The van der Waals surface area contributed by atoms with Gasteiger partial charge in [-0.1, -0.05) is 11.6 Å². The Hall–Kier alpha value is -1.36. The van der Waals surface area contributed by atoms with Crippen molar-refractivity contribution in [3.8, 4) is 6.07 Å². The lowest BCUT2D eigenvalue weighted by atomic mass is 9.96. The molecule has 6 nitrogen and oxygen atoms in total. The summed E-state index contributed by atoms with van der Waals surface area (Å²) in [7, 11) is -1.41. The highest BCUT2D eigenvalue weighted by Crippen LogP contribution is 2.33. The Labute approximate surface area is 160 Å². The molecule has 2 fully saturated rings. The van der Waals surface area contributed by atoms with Gasteiger partial charge in [0.25, 0.3) is 0 Å². The number of anilines is 1. The molecule has 1 aromatic rings. The molecule has 0 N–H and O–H groups in total. The number of nitrogens with zero attached hydrogens (tertiary/aromatic N) is 4. The SMILES string of the molecule is Cc1nc(N2CCC(CN(C)S(=O)(=O)C3CC3)CC2)c(C#N)c(C)c1Cl. The predicted molar refractivity (Wildman–Crippen MR) is 103 cm³/mol. The molecule has 142 valence electrons. The Bertz CT molecular complexity index is 838. The molecule has 0 radical (unpaired) electrons. The minimum Gasteiger partial charge on any atom is -0.355 e. The highest BCUT2D eigenvalue weighted by molar-refractivity contribution is 7.90. The van der Waals surface area contributed by atoms with E-state index in [9.17, 15) is 13.7 Å². The van der Waals surface area contributed by atoms with E-state index in [1.807, 2.05) is 13.8 Å². The standard InChI is InChI=1S/C18H25ClN4O2S/c1-12-16(10-20)18(21-13(2)17(12)19)23-8-6-14(7-9-23)11-22(3)26(24,25)15-4-5-15/h14-15H,4-9,11H2,1-3H3. The summed E-state index contributed by atoms with van der Waals surface area (Å²) in [6.07, 6.45) is 3.36. The van der Waals surface area contributed by atoms with Crippen molar-refractivity contribution in [1.29, 1.82) is 5.26 Å². The summed E-state index contributed by atoms with van der Waals surface area (Å²) in [6, 6.07) is 2.24. The van der Waals surface area contributed by atoms with Crippen molar-refractivity contribution in [1.82, 2.24) is 9.29 Å². The Morgan fingerprint density at radius 2 is 1.88 bits per heavy atom. The molecule has 0 atom stereocenters. The van der Waals surface area contributed by atoms with Crippen LogP contribution in [0.5, 0.6) is 0 Å². The molecule has 8 heteroatoms. The second kappa shape index (κ2) is 7.34. The molecule has 0 aromatic carbocycles. The molecule has 3 rings (SSSR count). The first-order chi connectivity index (χ1) is 12.3. The zero-order chi connectivity index (χ0) is 19.1. The van der Waals surface area contributed by atoms with E-state index in [0.29, 0.717) is 28.9 Å². The summed E-state index contributed by atoms with van der Waals surface area (Å²) in [5.74, 6) is 1.04. The second-order valence-electron chi connectivity index (χ2n) is 7.40. The maximum atomic E-state index is 12.3. The maximum absolute atomic E-state index is 12.3. The van der Waals surface area contributed by atoms with Crippen LogP contribution in [-0.2, 0) is 10.0 Å². The van der Waals surface area contributed by atoms with Crippen LogP contribution < -0.4 is 4.90 Å². The highest BCUT2D eigenvalue weighted by Gasteiger charge is 2.39. The molecule has 1 aromatic heterocycles. The zero-order valence-corrected chi connectivity index (χ0v) is 17.1. The van der Waals surface area contributed by atoms with E-state index in [0.717, 1.165) is 50.0 Å². The highest BCUT2D eigenvalue weighted by atomic mass is 35.5. The normalized spacial score (nSPS) is 19.0. The molecule has 1 saturated carbocycles. The van der Waals surface area contributed by atoms with Gasteiger partial charge in [0, 0.05) is 26.7 Å². The lowest BCUT2D eigenvalue weighted by Gasteiger charge is -2.35. The van der Waals surface area contributed by atoms with E-state index in [-0.39, 0.29) is 5.25 Å². The van der Waals surface area contributed by atoms with Crippen molar-refractivity contribution >= 4 is 27.4 Å². The third-order valence-corrected chi connectivity index (χ3v) is 8.33. The number of aryl methyl sites for hydroxylation is 1. The maximum Gasteiger partial charge on any atom is 0.216 e. The van der Waals surface area contributed by atoms with E-state index < -0.39 is 10.0 Å². The van der Waals surface area contributed by atoms with Crippen molar-refractivity contribution in [2.75, 3.05) is 31.6 Å². The van der Waals surface area contributed by atoms with Crippen LogP contribution in [0.3, 0.4) is 0 Å². The molecule has 0 spiro atoms. The van der Waals surface area contributed by atoms with Gasteiger partial charge in [-0.2, -0.15) is 5.26 Å². The summed E-state index contributed by atoms with van der Waals surface area (Å²) >= 11 is 6.23. The number of hydrogen-bond acceptors (Lipinski definition) is 5. The summed E-state index contributed by atoms with van der Waals surface area (Å²) in [4.78, 5) is 6.68. The third kappa shape index (κ3) is 3.68. The van der Waals surface area contributed by atoms with Crippen molar-refractivity contribution in [3.05, 3.63) is 21.8 Å². The monoisotopic (exact) mass is 396 g/mol. The zero-order valence-electron chi connectivity index (χ0n) is 15.5. The Balaban J connectivity index is 1.67. The third-order valence-electron chi connectivity index (χ3n) is 5.44. The van der Waals surface area contributed by atoms with Crippen LogP contribution in [0.4, 0.5) is 5.82 Å². The first kappa shape index (κ1) is 19.4. The van der Waals surface area contributed by atoms with Gasteiger partial charge >= 0.3 is 0 Å². The average molecular weight is 397 g/mol. The lowest BCUT2D eigenvalue weighted by Crippen LogP contribution is -2.40. The fourth-order valence-electron chi connectivity index (χ4n) is 3.59. The molecule has 0 bridgehead atoms. The van der Waals surface area contributed by atoms with Crippen LogP contribution in [0.15, 0.2) is 0 Å². The van der Waals surface area contributed by atoms with Crippen molar-refractivity contribution in [3.63, 3.8) is 0 Å². The van der Waals surface area contributed by atoms with Gasteiger partial charge in [0.15, 0.2) is 0 Å². The fourth-order valence-corrected chi connectivity index (χ4v) is 5.39. The first-order valence-corrected chi connectivity index (χ1v) is 10.9. The van der Waals surface area contributed by atoms with Gasteiger partial charge in [-0.05, 0) is 51.0 Å². The largest absolute Gasteiger partial charge is 0.355 e. The molecule has 1 aliphatic carbocycles. The summed E-state index contributed by atoms with van der Waals surface area (Å²) in [6.45, 7) is 5.81. The molecular formula is C18H25ClN4O2S. The molecule has 1 saturated heterocycles. The average Bonchev–Trinajstić information content (AvgIpc) is 3.45. The number of halogens is 1. The number of piperidine rings is 1. The van der Waals surface area contributed by atoms with Gasteiger partial charge in [0.05, 0.1) is 21.5 Å². The van der Waals surface area contributed by atoms with Crippen LogP contribution in [0.1, 0.15) is 42.5 Å². The van der Waals surface area contributed by atoms with E-state index in [1.54, 1.807) is 11.4 Å². The molecule has 2 heterocycles. The molecule has 0 amide bonds. The Kier molecular flexibility index (Phi) is 5.48. The van der Waals surface area contributed by atoms with Gasteiger partial charge in [-0.3, -0.25) is 0 Å². The molecule has 2 aliphatic rings. The van der Waals surface area contributed by atoms with Crippen LogP contribution in [0.2, 0.25) is 5.02 Å². The van der Waals surface area contributed by atoms with Crippen LogP contribution in [-0.4, -0.2) is 49.6 Å². The quantitative estimate of drug-likeness (QED) is 0.764. The van der Waals surface area contributed by atoms with Gasteiger partial charge in [0.1, 0.15) is 11.9 Å². The van der Waals surface area contributed by atoms with E-state index in [4.69, 9.17) is 11.6 Å². The number of pyridine rings is 1. The molecule has 0 unspecified atom stereocenters. The Morgan fingerprint density at radius 1 is 1.27 bits per heavy atom. The summed E-state index contributed by atoms with van der Waals surface area (Å²) in [5.41, 5.74) is 2.04. The van der Waals surface area contributed by atoms with Crippen molar-refractivity contribution in [2.45, 2.75) is 44.8 Å². The van der Waals surface area contributed by atoms with E-state index >= 15 is 0 Å². The summed E-state index contributed by atoms with van der Waals surface area (Å²) in [5, 5.41) is 9.91. The van der Waals surface area contributed by atoms with Crippen molar-refractivity contribution in [2.24, 2.45) is 5.92 Å². The number of aromatic nitrogens is 1. The van der Waals surface area contributed by atoms with Gasteiger partial charge in [-0.15, -0.1) is 0 Å². The van der Waals surface area contributed by atoms with E-state index in [1.165, 1.54) is 0 Å². The van der Waals surface area contributed by atoms with Crippen LogP contribution >= 0.6 is 11.6 Å². The van der Waals surface area contributed by atoms with Crippen LogP contribution in [0, 0.1) is 31.1 Å². The summed E-state index contributed by atoms with van der Waals surface area (Å²) < 4.78 is 26.1. The number of rotatable bonds is 5. The predicted octanol–water partition coefficient (Wildman–Crippen LogP) is 2.86. The molecule has 26 heavy (non-hydrogen) atoms. The number of hydrogen-bond donors (Lipinski definition) is 0.